The number of aliphatic hydroxyl groups is 1. The van der Waals surface area contributed by atoms with Crippen molar-refractivity contribution in [1.82, 2.24) is 19.5 Å². The molecule has 30 heavy (non-hydrogen) atoms. The molecule has 1 aliphatic rings. The van der Waals surface area contributed by atoms with E-state index in [9.17, 15) is 23.1 Å². The fraction of sp³-hybridized carbons (Fsp3) is 0.381. The van der Waals surface area contributed by atoms with Crippen LogP contribution in [0.4, 0.5) is 13.2 Å². The molecule has 1 N–H and O–H groups in total. The van der Waals surface area contributed by atoms with Gasteiger partial charge in [-0.15, -0.1) is 0 Å². The first-order chi connectivity index (χ1) is 14.4. The van der Waals surface area contributed by atoms with Gasteiger partial charge < -0.3 is 10.0 Å². The quantitative estimate of drug-likeness (QED) is 0.705. The molecule has 0 spiro atoms. The SMILES string of the molecule is O=C(c1cc2nc(-c3ccccc3)cc(C(F)(F)F)n2n1)N1CCCCC(CO)C1. The monoisotopic (exact) mass is 418 g/mol. The summed E-state index contributed by atoms with van der Waals surface area (Å²) in [4.78, 5) is 18.8. The third kappa shape index (κ3) is 4.02. The van der Waals surface area contributed by atoms with Gasteiger partial charge in [0.1, 0.15) is 0 Å². The van der Waals surface area contributed by atoms with Crippen molar-refractivity contribution >= 4 is 11.6 Å². The zero-order chi connectivity index (χ0) is 21.3. The Morgan fingerprint density at radius 2 is 1.93 bits per heavy atom. The van der Waals surface area contributed by atoms with Crippen molar-refractivity contribution in [2.75, 3.05) is 19.7 Å². The molecule has 0 radical (unpaired) electrons. The van der Waals surface area contributed by atoms with Crippen molar-refractivity contribution in [3.8, 4) is 11.3 Å². The lowest BCUT2D eigenvalue weighted by molar-refractivity contribution is -0.142. The Hall–Kier alpha value is -2.94. The summed E-state index contributed by atoms with van der Waals surface area (Å²) in [7, 11) is 0. The van der Waals surface area contributed by atoms with E-state index in [2.05, 4.69) is 10.1 Å². The predicted octanol–water partition coefficient (Wildman–Crippen LogP) is 3.65. The maximum absolute atomic E-state index is 13.7. The lowest BCUT2D eigenvalue weighted by atomic mass is 10.1. The van der Waals surface area contributed by atoms with Gasteiger partial charge in [0.2, 0.25) is 0 Å². The Labute approximate surface area is 171 Å². The highest BCUT2D eigenvalue weighted by atomic mass is 19.4. The molecule has 1 saturated heterocycles. The normalized spacial score (nSPS) is 17.9. The van der Waals surface area contributed by atoms with E-state index in [1.807, 2.05) is 0 Å². The van der Waals surface area contributed by atoms with E-state index in [0.29, 0.717) is 23.2 Å². The number of aromatic nitrogens is 3. The standard InChI is InChI=1S/C21H21F3N4O2/c22-21(23,24)18-10-16(15-7-2-1-3-8-15)25-19-11-17(26-28(18)19)20(30)27-9-5-4-6-14(12-27)13-29/h1-3,7-8,10-11,14,29H,4-6,9,12-13H2. The van der Waals surface area contributed by atoms with Crippen LogP contribution in [0.2, 0.25) is 0 Å². The van der Waals surface area contributed by atoms with Crippen LogP contribution in [0, 0.1) is 5.92 Å². The van der Waals surface area contributed by atoms with Gasteiger partial charge in [-0.25, -0.2) is 9.50 Å². The lowest BCUT2D eigenvalue weighted by Crippen LogP contribution is -2.35. The molecule has 3 heterocycles. The highest BCUT2D eigenvalue weighted by molar-refractivity contribution is 5.93. The number of amides is 1. The summed E-state index contributed by atoms with van der Waals surface area (Å²) in [6, 6.07) is 10.8. The molecular formula is C21H21F3N4O2. The molecule has 9 heteroatoms. The van der Waals surface area contributed by atoms with Gasteiger partial charge in [-0.1, -0.05) is 36.8 Å². The first kappa shape index (κ1) is 20.3. The molecular weight excluding hydrogens is 397 g/mol. The van der Waals surface area contributed by atoms with Gasteiger partial charge in [0, 0.05) is 31.3 Å². The fourth-order valence-electron chi connectivity index (χ4n) is 3.76. The van der Waals surface area contributed by atoms with Crippen LogP contribution in [0.25, 0.3) is 16.9 Å². The second-order valence-corrected chi connectivity index (χ2v) is 7.49. The number of rotatable bonds is 3. The summed E-state index contributed by atoms with van der Waals surface area (Å²) in [6.45, 7) is 0.811. The molecule has 1 unspecified atom stereocenters. The second kappa shape index (κ2) is 8.06. The second-order valence-electron chi connectivity index (χ2n) is 7.49. The smallest absolute Gasteiger partial charge is 0.396 e. The first-order valence-corrected chi connectivity index (χ1v) is 9.80. The molecule has 4 rings (SSSR count). The Morgan fingerprint density at radius 1 is 1.17 bits per heavy atom. The number of fused-ring (bicyclic) bond motifs is 1. The van der Waals surface area contributed by atoms with Gasteiger partial charge in [0.05, 0.1) is 5.69 Å². The number of nitrogens with zero attached hydrogens (tertiary/aromatic N) is 4. The number of hydrogen-bond acceptors (Lipinski definition) is 4. The Morgan fingerprint density at radius 3 is 2.63 bits per heavy atom. The highest BCUT2D eigenvalue weighted by Crippen LogP contribution is 2.32. The van der Waals surface area contributed by atoms with Gasteiger partial charge in [0.25, 0.3) is 5.91 Å². The number of likely N-dealkylation sites (tertiary alicyclic amines) is 1. The first-order valence-electron chi connectivity index (χ1n) is 9.80. The molecule has 1 aliphatic heterocycles. The van der Waals surface area contributed by atoms with Gasteiger partial charge in [0.15, 0.2) is 17.0 Å². The zero-order valence-electron chi connectivity index (χ0n) is 16.1. The molecule has 2 aromatic heterocycles. The van der Waals surface area contributed by atoms with E-state index in [1.165, 1.54) is 6.07 Å². The number of aliphatic hydroxyl groups excluding tert-OH is 1. The minimum atomic E-state index is -4.67. The van der Waals surface area contributed by atoms with Crippen LogP contribution in [0.3, 0.4) is 0 Å². The number of hydrogen-bond donors (Lipinski definition) is 1. The Bertz CT molecular complexity index is 1050. The molecule has 1 aromatic carbocycles. The lowest BCUT2D eigenvalue weighted by Gasteiger charge is -2.22. The summed E-state index contributed by atoms with van der Waals surface area (Å²) in [5.41, 5.74) is -0.422. The molecule has 6 nitrogen and oxygen atoms in total. The van der Waals surface area contributed by atoms with Crippen molar-refractivity contribution in [3.63, 3.8) is 0 Å². The topological polar surface area (TPSA) is 70.7 Å². The Balaban J connectivity index is 1.76. The van der Waals surface area contributed by atoms with Gasteiger partial charge in [-0.2, -0.15) is 18.3 Å². The number of halogens is 3. The average Bonchev–Trinajstić information content (AvgIpc) is 3.02. The molecule has 3 aromatic rings. The Kier molecular flexibility index (Phi) is 5.46. The summed E-state index contributed by atoms with van der Waals surface area (Å²) in [6.07, 6.45) is -2.19. The van der Waals surface area contributed by atoms with Gasteiger partial charge in [-0.05, 0) is 24.8 Å². The summed E-state index contributed by atoms with van der Waals surface area (Å²) < 4.78 is 41.8. The van der Waals surface area contributed by atoms with Gasteiger partial charge >= 0.3 is 6.18 Å². The van der Waals surface area contributed by atoms with E-state index < -0.39 is 17.8 Å². The number of carbonyl (C=O) groups is 1. The molecule has 1 amide bonds. The third-order valence-electron chi connectivity index (χ3n) is 5.32. The maximum atomic E-state index is 13.7. The average molecular weight is 418 g/mol. The molecule has 0 saturated carbocycles. The van der Waals surface area contributed by atoms with Crippen LogP contribution < -0.4 is 0 Å². The summed E-state index contributed by atoms with van der Waals surface area (Å²) in [5.74, 6) is -0.489. The number of carbonyl (C=O) groups excluding carboxylic acids is 1. The third-order valence-corrected chi connectivity index (χ3v) is 5.32. The summed E-state index contributed by atoms with van der Waals surface area (Å²) >= 11 is 0. The number of benzene rings is 1. The minimum Gasteiger partial charge on any atom is -0.396 e. The van der Waals surface area contributed by atoms with Crippen molar-refractivity contribution < 1.29 is 23.1 Å². The van der Waals surface area contributed by atoms with E-state index in [4.69, 9.17) is 0 Å². The summed E-state index contributed by atoms with van der Waals surface area (Å²) in [5, 5.41) is 13.4. The molecule has 0 bridgehead atoms. The zero-order valence-corrected chi connectivity index (χ0v) is 16.1. The van der Waals surface area contributed by atoms with Crippen molar-refractivity contribution in [2.24, 2.45) is 5.92 Å². The van der Waals surface area contributed by atoms with Crippen LogP contribution in [0.15, 0.2) is 42.5 Å². The van der Waals surface area contributed by atoms with Crippen LogP contribution in [-0.4, -0.2) is 50.2 Å². The van der Waals surface area contributed by atoms with Crippen molar-refractivity contribution in [2.45, 2.75) is 25.4 Å². The van der Waals surface area contributed by atoms with E-state index >= 15 is 0 Å². The van der Waals surface area contributed by atoms with Crippen molar-refractivity contribution in [3.05, 3.63) is 53.9 Å². The molecule has 158 valence electrons. The van der Waals surface area contributed by atoms with E-state index in [-0.39, 0.29) is 29.6 Å². The fourth-order valence-corrected chi connectivity index (χ4v) is 3.76. The van der Waals surface area contributed by atoms with E-state index in [0.717, 1.165) is 25.3 Å². The molecule has 0 aliphatic carbocycles. The van der Waals surface area contributed by atoms with Crippen LogP contribution >= 0.6 is 0 Å². The predicted molar refractivity (Wildman–Crippen MR) is 104 cm³/mol. The minimum absolute atomic E-state index is 0.0326. The van der Waals surface area contributed by atoms with Gasteiger partial charge in [-0.3, -0.25) is 4.79 Å². The molecule has 1 fully saturated rings. The largest absolute Gasteiger partial charge is 0.433 e. The highest BCUT2D eigenvalue weighted by Gasteiger charge is 2.36. The van der Waals surface area contributed by atoms with Crippen molar-refractivity contribution in [1.29, 1.82) is 0 Å². The van der Waals surface area contributed by atoms with E-state index in [1.54, 1.807) is 35.2 Å². The maximum Gasteiger partial charge on any atom is 0.433 e. The van der Waals surface area contributed by atoms with Crippen LogP contribution in [-0.2, 0) is 6.18 Å². The number of alkyl halides is 3. The van der Waals surface area contributed by atoms with Crippen LogP contribution in [0.5, 0.6) is 0 Å². The van der Waals surface area contributed by atoms with Crippen LogP contribution in [0.1, 0.15) is 35.4 Å². The molecule has 1 atom stereocenters.